The zero-order chi connectivity index (χ0) is 29.6. The maximum Gasteiger partial charge on any atom is 0.320 e. The van der Waals surface area contributed by atoms with E-state index in [2.05, 4.69) is 34.6 Å². The van der Waals surface area contributed by atoms with Crippen molar-refractivity contribution in [2.75, 3.05) is 6.61 Å². The number of carboxylic acids is 1. The molecule has 39 heavy (non-hydrogen) atoms. The quantitative estimate of drug-likeness (QED) is 0.350. The molecule has 1 N–H and O–H groups in total. The number of nitrogens with zero attached hydrogens (tertiary/aromatic N) is 1. The number of carboxylic acid groups (broad SMARTS) is 1. The zero-order valence-electron chi connectivity index (χ0n) is 25.0. The van der Waals surface area contributed by atoms with Crippen LogP contribution in [0.15, 0.2) is 0 Å². The Hall–Kier alpha value is -2.43. The molecule has 8 heteroatoms. The minimum Gasteiger partial charge on any atom is -0.480 e. The van der Waals surface area contributed by atoms with Gasteiger partial charge in [0.2, 0.25) is 0 Å². The number of ketones is 1. The highest BCUT2D eigenvalue weighted by Crippen LogP contribution is 2.74. The Kier molecular flexibility index (Phi) is 8.39. The molecule has 0 saturated heterocycles. The van der Waals surface area contributed by atoms with Gasteiger partial charge in [0.1, 0.15) is 12.7 Å². The number of fused-ring (bicyclic) bond motifs is 5. The zero-order valence-corrected chi connectivity index (χ0v) is 25.0. The van der Waals surface area contributed by atoms with Crippen LogP contribution in [0, 0.1) is 56.2 Å². The topological polar surface area (TPSA) is 131 Å². The minimum atomic E-state index is -1.65. The molecule has 0 aromatic heterocycles. The van der Waals surface area contributed by atoms with Gasteiger partial charge in [-0.25, -0.2) is 0 Å². The van der Waals surface area contributed by atoms with Crippen LogP contribution in [-0.2, 0) is 28.7 Å². The van der Waals surface area contributed by atoms with Crippen LogP contribution < -0.4 is 0 Å². The Morgan fingerprint density at radius 1 is 0.897 bits per heavy atom. The number of hydrogen-bond acceptors (Lipinski definition) is 7. The largest absolute Gasteiger partial charge is 0.480 e. The fourth-order valence-electron chi connectivity index (χ4n) is 9.77. The number of carbonyl (C=O) groups excluding carboxylic acids is 3. The molecule has 0 aliphatic heterocycles. The second kappa shape index (κ2) is 10.5. The van der Waals surface area contributed by atoms with Crippen molar-refractivity contribution in [1.29, 1.82) is 5.26 Å². The number of hydrogen-bond donors (Lipinski definition) is 1. The Labute approximate surface area is 233 Å². The average molecular weight is 546 g/mol. The molecule has 4 rings (SSSR count). The maximum atomic E-state index is 13.9. The summed E-state index contributed by atoms with van der Waals surface area (Å²) in [6.45, 7) is 15.3. The minimum absolute atomic E-state index is 0.0588. The molecule has 4 fully saturated rings. The van der Waals surface area contributed by atoms with E-state index in [9.17, 15) is 24.3 Å². The molecule has 0 aromatic rings. The van der Waals surface area contributed by atoms with Crippen molar-refractivity contribution in [1.82, 2.24) is 0 Å². The van der Waals surface area contributed by atoms with Crippen molar-refractivity contribution in [3.8, 4) is 6.07 Å². The number of carbonyl (C=O) groups is 4. The summed E-state index contributed by atoms with van der Waals surface area (Å²) in [5.41, 5.74) is -2.14. The summed E-state index contributed by atoms with van der Waals surface area (Å²) >= 11 is 0. The molecule has 3 unspecified atom stereocenters. The standard InChI is InChI=1S/C29H44O7.C2H3N/c1-17(30)35-16-29(24(33)34)15-14-27(6)19(23(29)32)8-9-21-26(5)12-11-22(36-18(2)31)25(3,4)20(26)10-13-28(21,27)7;1-2-3/h19-22H,8-16H2,1-7H3,(H,33,34);1H3/t19?,20?,21?,22-,26-,27+,28+,29-;/m0./s1. The van der Waals surface area contributed by atoms with Gasteiger partial charge in [-0.05, 0) is 79.4 Å². The predicted octanol–water partition coefficient (Wildman–Crippen LogP) is 5.72. The van der Waals surface area contributed by atoms with E-state index in [1.54, 1.807) is 6.07 Å². The van der Waals surface area contributed by atoms with Gasteiger partial charge >= 0.3 is 17.9 Å². The molecule has 8 atom stereocenters. The first-order chi connectivity index (χ1) is 18.0. The lowest BCUT2D eigenvalue weighted by atomic mass is 9.33. The predicted molar refractivity (Wildman–Crippen MR) is 144 cm³/mol. The maximum absolute atomic E-state index is 13.9. The molecule has 0 heterocycles. The number of aliphatic carboxylic acids is 1. The van der Waals surface area contributed by atoms with Crippen LogP contribution in [0.25, 0.3) is 0 Å². The fourth-order valence-corrected chi connectivity index (χ4v) is 9.77. The molecule has 218 valence electrons. The van der Waals surface area contributed by atoms with Crippen molar-refractivity contribution in [2.24, 2.45) is 44.8 Å². The molecular weight excluding hydrogens is 498 g/mol. The van der Waals surface area contributed by atoms with E-state index in [4.69, 9.17) is 14.7 Å². The van der Waals surface area contributed by atoms with Crippen molar-refractivity contribution in [3.05, 3.63) is 0 Å². The van der Waals surface area contributed by atoms with E-state index >= 15 is 0 Å². The van der Waals surface area contributed by atoms with E-state index < -0.39 is 17.4 Å². The number of Topliss-reactive ketones (excluding diaryl/α,β-unsaturated/α-hetero) is 1. The number of rotatable bonds is 4. The third-order valence-corrected chi connectivity index (χ3v) is 11.9. The van der Waals surface area contributed by atoms with Gasteiger partial charge in [-0.2, -0.15) is 5.26 Å². The summed E-state index contributed by atoms with van der Waals surface area (Å²) in [6, 6.07) is 1.75. The van der Waals surface area contributed by atoms with Crippen LogP contribution in [0.1, 0.15) is 107 Å². The van der Waals surface area contributed by atoms with Gasteiger partial charge in [0.05, 0.1) is 6.07 Å². The van der Waals surface area contributed by atoms with Gasteiger partial charge in [-0.1, -0.05) is 34.6 Å². The van der Waals surface area contributed by atoms with E-state index in [-0.39, 0.29) is 58.5 Å². The normalized spacial score (nSPS) is 42.2. The van der Waals surface area contributed by atoms with Gasteiger partial charge in [-0.15, -0.1) is 0 Å². The lowest BCUT2D eigenvalue weighted by Crippen LogP contribution is -2.68. The number of esters is 2. The van der Waals surface area contributed by atoms with Crippen LogP contribution >= 0.6 is 0 Å². The van der Waals surface area contributed by atoms with Gasteiger partial charge in [-0.3, -0.25) is 19.2 Å². The monoisotopic (exact) mass is 545 g/mol. The summed E-state index contributed by atoms with van der Waals surface area (Å²) in [6.07, 6.45) is 6.09. The SMILES string of the molecule is CC#N.CC(=O)OC[C@@]1(C(=O)O)CC[C@]2(C)C(CCC3[C@@]4(C)CC[C@H](OC(C)=O)C(C)(C)C4CC[C@]32C)C1=O. The van der Waals surface area contributed by atoms with E-state index in [0.717, 1.165) is 32.1 Å². The molecule has 0 radical (unpaired) electrons. The van der Waals surface area contributed by atoms with Gasteiger partial charge in [0.15, 0.2) is 11.2 Å². The van der Waals surface area contributed by atoms with Crippen LogP contribution in [0.5, 0.6) is 0 Å². The summed E-state index contributed by atoms with van der Waals surface area (Å²) in [5.74, 6) is -1.76. The Morgan fingerprint density at radius 3 is 2.05 bits per heavy atom. The first-order valence-corrected chi connectivity index (χ1v) is 14.4. The Bertz CT molecular complexity index is 1060. The second-order valence-corrected chi connectivity index (χ2v) is 13.8. The van der Waals surface area contributed by atoms with Crippen molar-refractivity contribution >= 4 is 23.7 Å². The summed E-state index contributed by atoms with van der Waals surface area (Å²) in [4.78, 5) is 49.7. The van der Waals surface area contributed by atoms with Crippen molar-refractivity contribution in [2.45, 2.75) is 113 Å². The smallest absolute Gasteiger partial charge is 0.320 e. The molecule has 0 spiro atoms. The van der Waals surface area contributed by atoms with Gasteiger partial charge in [0, 0.05) is 32.1 Å². The summed E-state index contributed by atoms with van der Waals surface area (Å²) in [7, 11) is 0. The van der Waals surface area contributed by atoms with Crippen LogP contribution in [0.3, 0.4) is 0 Å². The lowest BCUT2D eigenvalue weighted by Gasteiger charge is -2.71. The number of nitriles is 1. The Morgan fingerprint density at radius 2 is 1.51 bits per heavy atom. The van der Waals surface area contributed by atoms with E-state index in [0.29, 0.717) is 24.7 Å². The van der Waals surface area contributed by atoms with Crippen molar-refractivity contribution in [3.63, 3.8) is 0 Å². The molecule has 0 bridgehead atoms. The van der Waals surface area contributed by atoms with Crippen LogP contribution in [0.4, 0.5) is 0 Å². The number of ether oxygens (including phenoxy) is 2. The fraction of sp³-hybridized carbons (Fsp3) is 0.839. The highest BCUT2D eigenvalue weighted by molar-refractivity contribution is 6.05. The van der Waals surface area contributed by atoms with Crippen LogP contribution in [0.2, 0.25) is 0 Å². The van der Waals surface area contributed by atoms with Gasteiger partial charge < -0.3 is 14.6 Å². The molecular formula is C31H47NO7. The van der Waals surface area contributed by atoms with Gasteiger partial charge in [0.25, 0.3) is 0 Å². The first-order valence-electron chi connectivity index (χ1n) is 14.4. The molecule has 4 aliphatic carbocycles. The third kappa shape index (κ3) is 4.68. The summed E-state index contributed by atoms with van der Waals surface area (Å²) in [5, 5.41) is 17.5. The second-order valence-electron chi connectivity index (χ2n) is 13.8. The van der Waals surface area contributed by atoms with E-state index in [1.165, 1.54) is 20.8 Å². The third-order valence-electron chi connectivity index (χ3n) is 11.9. The lowest BCUT2D eigenvalue weighted by molar-refractivity contribution is -0.237. The molecule has 0 aromatic carbocycles. The molecule has 4 saturated carbocycles. The highest BCUT2D eigenvalue weighted by atomic mass is 16.5. The Balaban J connectivity index is 0.00000134. The molecule has 8 nitrogen and oxygen atoms in total. The molecule has 4 aliphatic rings. The first kappa shape index (κ1) is 31.1. The average Bonchev–Trinajstić information content (AvgIpc) is 2.81. The molecule has 0 amide bonds. The van der Waals surface area contributed by atoms with Crippen LogP contribution in [-0.4, -0.2) is 41.5 Å². The van der Waals surface area contributed by atoms with Crippen molar-refractivity contribution < 1.29 is 33.8 Å². The summed E-state index contributed by atoms with van der Waals surface area (Å²) < 4.78 is 10.9. The van der Waals surface area contributed by atoms with E-state index in [1.807, 2.05) is 0 Å². The highest BCUT2D eigenvalue weighted by Gasteiger charge is 2.71.